The first kappa shape index (κ1) is 23.0. The summed E-state index contributed by atoms with van der Waals surface area (Å²) in [6.45, 7) is 13.8. The predicted octanol–water partition coefficient (Wildman–Crippen LogP) is 2.19. The van der Waals surface area contributed by atoms with Gasteiger partial charge in [0.15, 0.2) is 5.96 Å². The highest BCUT2D eigenvalue weighted by Crippen LogP contribution is 2.21. The Kier molecular flexibility index (Phi) is 11.6. The summed E-state index contributed by atoms with van der Waals surface area (Å²) in [6, 6.07) is 6.21. The number of guanidine groups is 1. The number of aryl methyl sites for hydroxylation is 2. The van der Waals surface area contributed by atoms with Gasteiger partial charge in [0.05, 0.1) is 26.3 Å². The van der Waals surface area contributed by atoms with E-state index in [1.807, 2.05) is 0 Å². The lowest BCUT2D eigenvalue weighted by Gasteiger charge is -2.25. The molecule has 0 unspecified atom stereocenters. The third-order valence-electron chi connectivity index (χ3n) is 4.18. The molecule has 1 aromatic carbocycles. The summed E-state index contributed by atoms with van der Waals surface area (Å²) in [4.78, 5) is 7.03. The summed E-state index contributed by atoms with van der Waals surface area (Å²) in [6.07, 6.45) is 0. The van der Waals surface area contributed by atoms with Crippen LogP contribution in [-0.4, -0.2) is 69.9 Å². The van der Waals surface area contributed by atoms with Crippen LogP contribution in [0.2, 0.25) is 0 Å². The molecule has 1 aliphatic rings. The molecule has 0 aromatic heterocycles. The average Bonchev–Trinajstić information content (AvgIpc) is 2.61. The van der Waals surface area contributed by atoms with Crippen molar-refractivity contribution in [3.05, 3.63) is 29.3 Å². The molecule has 1 aromatic rings. The molecular formula is C19H33IN4O2. The highest BCUT2D eigenvalue weighted by atomic mass is 127. The number of nitrogens with zero attached hydrogens (tertiary/aromatic N) is 2. The van der Waals surface area contributed by atoms with E-state index in [9.17, 15) is 0 Å². The van der Waals surface area contributed by atoms with Gasteiger partial charge < -0.3 is 20.1 Å². The molecule has 6 nitrogen and oxygen atoms in total. The van der Waals surface area contributed by atoms with Crippen LogP contribution in [0.3, 0.4) is 0 Å². The van der Waals surface area contributed by atoms with E-state index in [1.165, 1.54) is 11.1 Å². The minimum atomic E-state index is 0. The fraction of sp³-hybridized carbons (Fsp3) is 0.632. The average molecular weight is 476 g/mol. The minimum absolute atomic E-state index is 0. The van der Waals surface area contributed by atoms with Crippen LogP contribution in [0.15, 0.2) is 23.2 Å². The topological polar surface area (TPSA) is 58.1 Å². The van der Waals surface area contributed by atoms with Crippen molar-refractivity contribution >= 4 is 29.9 Å². The first-order valence-electron chi connectivity index (χ1n) is 9.22. The van der Waals surface area contributed by atoms with Crippen LogP contribution in [0.4, 0.5) is 0 Å². The van der Waals surface area contributed by atoms with Crippen LogP contribution in [0, 0.1) is 13.8 Å². The maximum Gasteiger partial charge on any atom is 0.191 e. The van der Waals surface area contributed by atoms with E-state index in [-0.39, 0.29) is 24.0 Å². The molecule has 1 saturated heterocycles. The number of rotatable bonds is 8. The van der Waals surface area contributed by atoms with E-state index in [4.69, 9.17) is 9.47 Å². The minimum Gasteiger partial charge on any atom is -0.491 e. The monoisotopic (exact) mass is 476 g/mol. The first-order valence-corrected chi connectivity index (χ1v) is 9.22. The maximum atomic E-state index is 5.93. The molecule has 2 rings (SSSR count). The second-order valence-electron chi connectivity index (χ2n) is 6.21. The van der Waals surface area contributed by atoms with Gasteiger partial charge in [-0.3, -0.25) is 9.89 Å². The Morgan fingerprint density at radius 3 is 2.54 bits per heavy atom. The van der Waals surface area contributed by atoms with Crippen molar-refractivity contribution in [2.75, 3.05) is 59.1 Å². The Morgan fingerprint density at radius 2 is 1.88 bits per heavy atom. The summed E-state index contributed by atoms with van der Waals surface area (Å²) in [7, 11) is 0. The third-order valence-corrected chi connectivity index (χ3v) is 4.18. The summed E-state index contributed by atoms with van der Waals surface area (Å²) < 4.78 is 11.3. The number of nitrogens with one attached hydrogen (secondary N) is 2. The number of morpholine rings is 1. The SMILES string of the molecule is CCNC(=NCCN1CCOCC1)NCCOc1c(C)cccc1C.I. The number of halogens is 1. The third kappa shape index (κ3) is 8.09. The second-order valence-corrected chi connectivity index (χ2v) is 6.21. The van der Waals surface area contributed by atoms with Gasteiger partial charge in [0, 0.05) is 26.2 Å². The fourth-order valence-electron chi connectivity index (χ4n) is 2.82. The summed E-state index contributed by atoms with van der Waals surface area (Å²) >= 11 is 0. The Hall–Kier alpha value is -1.06. The Labute approximate surface area is 174 Å². The molecule has 0 spiro atoms. The molecule has 148 valence electrons. The van der Waals surface area contributed by atoms with E-state index in [0.717, 1.165) is 64.2 Å². The zero-order chi connectivity index (χ0) is 17.9. The van der Waals surface area contributed by atoms with Crippen molar-refractivity contribution in [3.63, 3.8) is 0 Å². The maximum absolute atomic E-state index is 5.93. The number of aliphatic imine (C=N–C) groups is 1. The smallest absolute Gasteiger partial charge is 0.191 e. The summed E-state index contributed by atoms with van der Waals surface area (Å²) in [5.41, 5.74) is 2.34. The highest BCUT2D eigenvalue weighted by molar-refractivity contribution is 14.0. The molecule has 0 saturated carbocycles. The molecule has 26 heavy (non-hydrogen) atoms. The van der Waals surface area contributed by atoms with Crippen LogP contribution in [0.25, 0.3) is 0 Å². The molecule has 0 amide bonds. The molecule has 0 bridgehead atoms. The van der Waals surface area contributed by atoms with Crippen molar-refractivity contribution in [1.82, 2.24) is 15.5 Å². The van der Waals surface area contributed by atoms with Crippen molar-refractivity contribution in [3.8, 4) is 5.75 Å². The van der Waals surface area contributed by atoms with Gasteiger partial charge in [-0.15, -0.1) is 24.0 Å². The standard InChI is InChI=1S/C19H32N4O2.HI/c1-4-20-19(21-8-10-23-11-14-24-15-12-23)22-9-13-25-18-16(2)6-5-7-17(18)3;/h5-7H,4,8-15H2,1-3H3,(H2,20,21,22);1H. The van der Waals surface area contributed by atoms with Crippen LogP contribution in [0.1, 0.15) is 18.1 Å². The van der Waals surface area contributed by atoms with Gasteiger partial charge in [-0.2, -0.15) is 0 Å². The zero-order valence-corrected chi connectivity index (χ0v) is 18.5. The van der Waals surface area contributed by atoms with Gasteiger partial charge in [-0.25, -0.2) is 0 Å². The number of benzene rings is 1. The second kappa shape index (κ2) is 13.2. The molecule has 2 N–H and O–H groups in total. The van der Waals surface area contributed by atoms with Gasteiger partial charge >= 0.3 is 0 Å². The zero-order valence-electron chi connectivity index (χ0n) is 16.2. The molecule has 1 aliphatic heterocycles. The number of hydrogen-bond donors (Lipinski definition) is 2. The van der Waals surface area contributed by atoms with E-state index >= 15 is 0 Å². The summed E-state index contributed by atoms with van der Waals surface area (Å²) in [5, 5.41) is 6.62. The first-order chi connectivity index (χ1) is 12.2. The molecule has 7 heteroatoms. The van der Waals surface area contributed by atoms with Gasteiger partial charge in [-0.05, 0) is 31.9 Å². The normalized spacial score (nSPS) is 15.3. The van der Waals surface area contributed by atoms with E-state index in [1.54, 1.807) is 0 Å². The lowest BCUT2D eigenvalue weighted by molar-refractivity contribution is 0.0394. The van der Waals surface area contributed by atoms with E-state index < -0.39 is 0 Å². The van der Waals surface area contributed by atoms with Gasteiger partial charge in [-0.1, -0.05) is 18.2 Å². The van der Waals surface area contributed by atoms with Crippen LogP contribution in [-0.2, 0) is 4.74 Å². The largest absolute Gasteiger partial charge is 0.491 e. The molecule has 0 radical (unpaired) electrons. The lowest BCUT2D eigenvalue weighted by atomic mass is 10.1. The van der Waals surface area contributed by atoms with Crippen molar-refractivity contribution < 1.29 is 9.47 Å². The number of ether oxygens (including phenoxy) is 2. The van der Waals surface area contributed by atoms with Crippen molar-refractivity contribution in [1.29, 1.82) is 0 Å². The Morgan fingerprint density at radius 1 is 1.19 bits per heavy atom. The van der Waals surface area contributed by atoms with Crippen LogP contribution >= 0.6 is 24.0 Å². The van der Waals surface area contributed by atoms with Crippen LogP contribution < -0.4 is 15.4 Å². The predicted molar refractivity (Wildman–Crippen MR) is 118 cm³/mol. The van der Waals surface area contributed by atoms with Gasteiger partial charge in [0.25, 0.3) is 0 Å². The Bertz CT molecular complexity index is 528. The number of para-hydroxylation sites is 1. The molecule has 0 aliphatic carbocycles. The summed E-state index contributed by atoms with van der Waals surface area (Å²) in [5.74, 6) is 1.83. The van der Waals surface area contributed by atoms with Crippen LogP contribution in [0.5, 0.6) is 5.75 Å². The molecule has 1 heterocycles. The quantitative estimate of drug-likeness (QED) is 0.261. The van der Waals surface area contributed by atoms with Crippen molar-refractivity contribution in [2.45, 2.75) is 20.8 Å². The van der Waals surface area contributed by atoms with Gasteiger partial charge in [0.1, 0.15) is 12.4 Å². The highest BCUT2D eigenvalue weighted by Gasteiger charge is 2.09. The fourth-order valence-corrected chi connectivity index (χ4v) is 2.82. The van der Waals surface area contributed by atoms with E-state index in [2.05, 4.69) is 59.5 Å². The lowest BCUT2D eigenvalue weighted by Crippen LogP contribution is -2.41. The van der Waals surface area contributed by atoms with E-state index in [0.29, 0.717) is 6.61 Å². The molecular weight excluding hydrogens is 443 g/mol. The molecule has 0 atom stereocenters. The molecule has 1 fully saturated rings. The van der Waals surface area contributed by atoms with Gasteiger partial charge in [0.2, 0.25) is 0 Å². The number of hydrogen-bond acceptors (Lipinski definition) is 4. The van der Waals surface area contributed by atoms with Crippen molar-refractivity contribution in [2.24, 2.45) is 4.99 Å². The Balaban J connectivity index is 0.00000338.